The lowest BCUT2D eigenvalue weighted by atomic mass is 10.1. The Morgan fingerprint density at radius 3 is 2.70 bits per heavy atom. The summed E-state index contributed by atoms with van der Waals surface area (Å²) in [5.41, 5.74) is 1.78. The monoisotopic (exact) mass is 273 g/mol. The van der Waals surface area contributed by atoms with Crippen LogP contribution >= 0.6 is 0 Å². The molecule has 5 heteroatoms. The van der Waals surface area contributed by atoms with Crippen LogP contribution in [0.1, 0.15) is 21.6 Å². The summed E-state index contributed by atoms with van der Waals surface area (Å²) >= 11 is 0. The van der Waals surface area contributed by atoms with Crippen molar-refractivity contribution in [1.82, 2.24) is 4.98 Å². The number of benzene rings is 1. The van der Waals surface area contributed by atoms with Gasteiger partial charge in [-0.2, -0.15) is 0 Å². The molecule has 0 aliphatic heterocycles. The predicted molar refractivity (Wildman–Crippen MR) is 73.3 cm³/mol. The number of hydrogen-bond acceptors (Lipinski definition) is 4. The zero-order valence-electron chi connectivity index (χ0n) is 11.3. The molecule has 1 N–H and O–H groups in total. The van der Waals surface area contributed by atoms with Crippen LogP contribution in [0.15, 0.2) is 36.5 Å². The van der Waals surface area contributed by atoms with E-state index in [1.165, 1.54) is 13.2 Å². The van der Waals surface area contributed by atoms with E-state index in [4.69, 9.17) is 14.6 Å². The molecule has 0 atom stereocenters. The van der Waals surface area contributed by atoms with Crippen LogP contribution in [0, 0.1) is 6.92 Å². The van der Waals surface area contributed by atoms with E-state index >= 15 is 0 Å². The van der Waals surface area contributed by atoms with Crippen molar-refractivity contribution in [3.8, 4) is 11.5 Å². The first-order valence-electron chi connectivity index (χ1n) is 6.06. The van der Waals surface area contributed by atoms with Crippen molar-refractivity contribution in [2.45, 2.75) is 13.5 Å². The Balaban J connectivity index is 2.16. The maximum absolute atomic E-state index is 11.0. The fourth-order valence-corrected chi connectivity index (χ4v) is 1.73. The van der Waals surface area contributed by atoms with E-state index in [9.17, 15) is 4.79 Å². The minimum atomic E-state index is -0.981. The molecule has 0 saturated heterocycles. The van der Waals surface area contributed by atoms with Gasteiger partial charge in [0.05, 0.1) is 18.9 Å². The van der Waals surface area contributed by atoms with Crippen LogP contribution in [0.25, 0.3) is 0 Å². The van der Waals surface area contributed by atoms with E-state index in [0.29, 0.717) is 17.1 Å². The van der Waals surface area contributed by atoms with Crippen LogP contribution in [0.5, 0.6) is 11.5 Å². The van der Waals surface area contributed by atoms with Gasteiger partial charge >= 0.3 is 5.97 Å². The van der Waals surface area contributed by atoms with Crippen molar-refractivity contribution in [2.75, 3.05) is 7.11 Å². The molecule has 1 aromatic heterocycles. The van der Waals surface area contributed by atoms with Gasteiger partial charge in [0.2, 0.25) is 0 Å². The quantitative estimate of drug-likeness (QED) is 0.907. The third-order valence-electron chi connectivity index (χ3n) is 2.81. The van der Waals surface area contributed by atoms with Gasteiger partial charge in [-0.1, -0.05) is 0 Å². The fraction of sp³-hybridized carbons (Fsp3) is 0.200. The van der Waals surface area contributed by atoms with Crippen LogP contribution < -0.4 is 9.47 Å². The minimum absolute atomic E-state index is 0.200. The molecule has 0 aliphatic rings. The topological polar surface area (TPSA) is 68.7 Å². The van der Waals surface area contributed by atoms with Gasteiger partial charge < -0.3 is 14.6 Å². The SMILES string of the molecule is COc1ccc(C(=O)O)cc1COc1ccc(C)nc1. The summed E-state index contributed by atoms with van der Waals surface area (Å²) in [6.07, 6.45) is 1.63. The number of ether oxygens (including phenoxy) is 2. The molecule has 0 amide bonds. The molecule has 2 rings (SSSR count). The van der Waals surface area contributed by atoms with E-state index in [1.54, 1.807) is 18.3 Å². The second-order valence-electron chi connectivity index (χ2n) is 4.26. The van der Waals surface area contributed by atoms with Crippen LogP contribution in [0.4, 0.5) is 0 Å². The van der Waals surface area contributed by atoms with Gasteiger partial charge in [-0.15, -0.1) is 0 Å². The molecule has 0 bridgehead atoms. The Morgan fingerprint density at radius 1 is 1.30 bits per heavy atom. The number of hydrogen-bond donors (Lipinski definition) is 1. The van der Waals surface area contributed by atoms with Crippen molar-refractivity contribution >= 4 is 5.97 Å². The summed E-state index contributed by atoms with van der Waals surface area (Å²) in [5.74, 6) is 0.236. The average Bonchev–Trinajstić information content (AvgIpc) is 2.46. The Morgan fingerprint density at radius 2 is 2.10 bits per heavy atom. The van der Waals surface area contributed by atoms with E-state index < -0.39 is 5.97 Å². The molecule has 0 radical (unpaired) electrons. The molecule has 2 aromatic rings. The molecule has 5 nitrogen and oxygen atoms in total. The number of carbonyl (C=O) groups is 1. The zero-order chi connectivity index (χ0) is 14.5. The Kier molecular flexibility index (Phi) is 4.20. The Hall–Kier alpha value is -2.56. The summed E-state index contributed by atoms with van der Waals surface area (Å²) in [6, 6.07) is 8.33. The lowest BCUT2D eigenvalue weighted by Crippen LogP contribution is -2.03. The normalized spacial score (nSPS) is 10.1. The zero-order valence-corrected chi connectivity index (χ0v) is 11.3. The molecule has 0 aliphatic carbocycles. The molecular formula is C15H15NO4. The summed E-state index contributed by atoms with van der Waals surface area (Å²) in [4.78, 5) is 15.1. The molecule has 0 fully saturated rings. The third-order valence-corrected chi connectivity index (χ3v) is 2.81. The highest BCUT2D eigenvalue weighted by atomic mass is 16.5. The highest BCUT2D eigenvalue weighted by molar-refractivity contribution is 5.88. The molecule has 1 heterocycles. The first kappa shape index (κ1) is 13.9. The van der Waals surface area contributed by atoms with E-state index in [1.807, 2.05) is 19.1 Å². The number of carboxylic acids is 1. The van der Waals surface area contributed by atoms with Gasteiger partial charge in [0.25, 0.3) is 0 Å². The number of aryl methyl sites for hydroxylation is 1. The van der Waals surface area contributed by atoms with Crippen LogP contribution in [-0.2, 0) is 6.61 Å². The lowest BCUT2D eigenvalue weighted by molar-refractivity contribution is 0.0696. The fourth-order valence-electron chi connectivity index (χ4n) is 1.73. The first-order valence-corrected chi connectivity index (χ1v) is 6.06. The van der Waals surface area contributed by atoms with Crippen molar-refractivity contribution in [3.63, 3.8) is 0 Å². The minimum Gasteiger partial charge on any atom is -0.496 e. The smallest absolute Gasteiger partial charge is 0.335 e. The van der Waals surface area contributed by atoms with Gasteiger partial charge in [-0.25, -0.2) is 4.79 Å². The van der Waals surface area contributed by atoms with Crippen molar-refractivity contribution < 1.29 is 19.4 Å². The molecule has 0 saturated carbocycles. The van der Waals surface area contributed by atoms with Gasteiger partial charge in [0.15, 0.2) is 0 Å². The predicted octanol–water partition coefficient (Wildman–Crippen LogP) is 2.68. The molecular weight excluding hydrogens is 258 g/mol. The second-order valence-corrected chi connectivity index (χ2v) is 4.26. The maximum atomic E-state index is 11.0. The summed E-state index contributed by atoms with van der Waals surface area (Å²) in [5, 5.41) is 9.00. The number of rotatable bonds is 5. The summed E-state index contributed by atoms with van der Waals surface area (Å²) in [6.45, 7) is 2.11. The summed E-state index contributed by atoms with van der Waals surface area (Å²) < 4.78 is 10.8. The average molecular weight is 273 g/mol. The van der Waals surface area contributed by atoms with Crippen molar-refractivity contribution in [2.24, 2.45) is 0 Å². The second kappa shape index (κ2) is 6.06. The van der Waals surface area contributed by atoms with E-state index in [2.05, 4.69) is 4.98 Å². The van der Waals surface area contributed by atoms with Gasteiger partial charge in [-0.3, -0.25) is 4.98 Å². The lowest BCUT2D eigenvalue weighted by Gasteiger charge is -2.11. The van der Waals surface area contributed by atoms with Gasteiger partial charge in [0.1, 0.15) is 18.1 Å². The molecule has 0 spiro atoms. The van der Waals surface area contributed by atoms with E-state index in [0.717, 1.165) is 5.69 Å². The largest absolute Gasteiger partial charge is 0.496 e. The number of aromatic carboxylic acids is 1. The Bertz CT molecular complexity index is 608. The van der Waals surface area contributed by atoms with Crippen LogP contribution in [-0.4, -0.2) is 23.2 Å². The summed E-state index contributed by atoms with van der Waals surface area (Å²) in [7, 11) is 1.53. The van der Waals surface area contributed by atoms with Gasteiger partial charge in [0, 0.05) is 11.3 Å². The Labute approximate surface area is 116 Å². The number of methoxy groups -OCH3 is 1. The molecule has 20 heavy (non-hydrogen) atoms. The standard InChI is InChI=1S/C15H15NO4/c1-10-3-5-13(8-16-10)20-9-12-7-11(15(17)18)4-6-14(12)19-2/h3-8H,9H2,1-2H3,(H,17,18). The maximum Gasteiger partial charge on any atom is 0.335 e. The van der Waals surface area contributed by atoms with Crippen molar-refractivity contribution in [3.05, 3.63) is 53.3 Å². The third kappa shape index (κ3) is 3.26. The first-order chi connectivity index (χ1) is 9.60. The highest BCUT2D eigenvalue weighted by Crippen LogP contribution is 2.22. The number of carboxylic acid groups (broad SMARTS) is 1. The van der Waals surface area contributed by atoms with E-state index in [-0.39, 0.29) is 12.2 Å². The van der Waals surface area contributed by atoms with Crippen molar-refractivity contribution in [1.29, 1.82) is 0 Å². The van der Waals surface area contributed by atoms with Crippen LogP contribution in [0.2, 0.25) is 0 Å². The number of aromatic nitrogens is 1. The number of nitrogens with zero attached hydrogens (tertiary/aromatic N) is 1. The molecule has 0 unspecified atom stereocenters. The molecule has 104 valence electrons. The van der Waals surface area contributed by atoms with Crippen LogP contribution in [0.3, 0.4) is 0 Å². The molecule has 1 aromatic carbocycles. The van der Waals surface area contributed by atoms with Gasteiger partial charge in [-0.05, 0) is 37.3 Å². The highest BCUT2D eigenvalue weighted by Gasteiger charge is 2.09. The number of pyridine rings is 1.